The van der Waals surface area contributed by atoms with Gasteiger partial charge in [0, 0.05) is 35.0 Å². The average Bonchev–Trinajstić information content (AvgIpc) is 3.40. The lowest BCUT2D eigenvalue weighted by molar-refractivity contribution is -0.126. The van der Waals surface area contributed by atoms with Crippen LogP contribution in [0.2, 0.25) is 0 Å². The third-order valence-corrected chi connectivity index (χ3v) is 8.26. The number of anilines is 2. The van der Waals surface area contributed by atoms with Gasteiger partial charge in [-0.1, -0.05) is 49.6 Å². The van der Waals surface area contributed by atoms with Gasteiger partial charge in [0.05, 0.1) is 6.07 Å². The number of para-hydroxylation sites is 1. The highest BCUT2D eigenvalue weighted by molar-refractivity contribution is 5.80. The van der Waals surface area contributed by atoms with Crippen LogP contribution in [0, 0.1) is 23.1 Å². The Morgan fingerprint density at radius 1 is 0.976 bits per heavy atom. The van der Waals surface area contributed by atoms with E-state index in [2.05, 4.69) is 69.8 Å². The summed E-state index contributed by atoms with van der Waals surface area (Å²) in [4.78, 5) is 18.6. The monoisotopic (exact) mass is 548 g/mol. The van der Waals surface area contributed by atoms with Gasteiger partial charge in [0.15, 0.2) is 0 Å². The molecule has 1 aliphatic heterocycles. The first kappa shape index (κ1) is 26.8. The van der Waals surface area contributed by atoms with Gasteiger partial charge >= 0.3 is 0 Å². The second-order valence-electron chi connectivity index (χ2n) is 11.1. The molecule has 2 aliphatic carbocycles. The molecule has 1 amide bonds. The zero-order valence-electron chi connectivity index (χ0n) is 23.0. The van der Waals surface area contributed by atoms with Gasteiger partial charge in [0.2, 0.25) is 11.8 Å². The molecule has 0 bridgehead atoms. The number of hydrogen-bond donors (Lipinski definition) is 1. The van der Waals surface area contributed by atoms with Gasteiger partial charge < -0.3 is 14.6 Å². The Morgan fingerprint density at radius 3 is 2.39 bits per heavy atom. The zero-order valence-corrected chi connectivity index (χ0v) is 23.0. The predicted octanol–water partition coefficient (Wildman–Crippen LogP) is 7.58. The minimum atomic E-state index is -0.478. The SMILES string of the molecule is Fc1ccc(-c2nc(-c3ccc(N4CCc5ccccc54)cc3)co2)cc1.N#CC1(NC(=O)C2CCCCC2)CC1. The second-order valence-corrected chi connectivity index (χ2v) is 11.1. The van der Waals surface area contributed by atoms with Crippen molar-refractivity contribution in [3.8, 4) is 28.8 Å². The van der Waals surface area contributed by atoms with Crippen LogP contribution in [0.4, 0.5) is 15.8 Å². The fourth-order valence-corrected chi connectivity index (χ4v) is 5.64. The van der Waals surface area contributed by atoms with Gasteiger partial charge in [-0.25, -0.2) is 9.37 Å². The first-order chi connectivity index (χ1) is 20.0. The molecule has 7 heteroatoms. The number of benzene rings is 3. The molecule has 2 saturated carbocycles. The summed E-state index contributed by atoms with van der Waals surface area (Å²) in [7, 11) is 0. The maximum Gasteiger partial charge on any atom is 0.226 e. The van der Waals surface area contributed by atoms with Crippen LogP contribution in [0.1, 0.15) is 50.5 Å². The van der Waals surface area contributed by atoms with Gasteiger partial charge in [-0.3, -0.25) is 4.79 Å². The first-order valence-electron chi connectivity index (χ1n) is 14.4. The molecule has 41 heavy (non-hydrogen) atoms. The van der Waals surface area contributed by atoms with Crippen LogP contribution in [0.5, 0.6) is 0 Å². The van der Waals surface area contributed by atoms with Gasteiger partial charge in [0.1, 0.15) is 23.3 Å². The lowest BCUT2D eigenvalue weighted by Crippen LogP contribution is -2.40. The molecule has 6 nitrogen and oxygen atoms in total. The summed E-state index contributed by atoms with van der Waals surface area (Å²) in [6, 6.07) is 25.2. The fraction of sp³-hybridized carbons (Fsp3) is 0.324. The summed E-state index contributed by atoms with van der Waals surface area (Å²) in [5, 5.41) is 11.7. The van der Waals surface area contributed by atoms with Crippen molar-refractivity contribution in [2.45, 2.75) is 56.9 Å². The molecule has 208 valence electrons. The number of aromatic nitrogens is 1. The normalized spacial score (nSPS) is 17.1. The molecule has 0 saturated heterocycles. The van der Waals surface area contributed by atoms with E-state index in [1.807, 2.05) is 0 Å². The van der Waals surface area contributed by atoms with Crippen LogP contribution in [0.15, 0.2) is 83.5 Å². The zero-order chi connectivity index (χ0) is 28.2. The molecule has 7 rings (SSSR count). The van der Waals surface area contributed by atoms with Gasteiger partial charge in [-0.05, 0) is 80.1 Å². The van der Waals surface area contributed by atoms with Crippen molar-refractivity contribution < 1.29 is 13.6 Å². The van der Waals surface area contributed by atoms with Gasteiger partial charge in [-0.2, -0.15) is 5.26 Å². The predicted molar refractivity (Wildman–Crippen MR) is 157 cm³/mol. The summed E-state index contributed by atoms with van der Waals surface area (Å²) in [6.45, 7) is 0.997. The number of hydrogen-bond acceptors (Lipinski definition) is 5. The van der Waals surface area contributed by atoms with E-state index < -0.39 is 5.54 Å². The third kappa shape index (κ3) is 6.02. The fourth-order valence-electron chi connectivity index (χ4n) is 5.64. The van der Waals surface area contributed by atoms with Gasteiger partial charge in [-0.15, -0.1) is 0 Å². The third-order valence-electron chi connectivity index (χ3n) is 8.26. The highest BCUT2D eigenvalue weighted by atomic mass is 19.1. The van der Waals surface area contributed by atoms with Crippen LogP contribution in [0.25, 0.3) is 22.7 Å². The van der Waals surface area contributed by atoms with E-state index in [9.17, 15) is 9.18 Å². The summed E-state index contributed by atoms with van der Waals surface area (Å²) in [5.41, 5.74) is 5.88. The second kappa shape index (κ2) is 11.6. The number of nitriles is 1. The summed E-state index contributed by atoms with van der Waals surface area (Å²) in [6.07, 6.45) is 9.98. The maximum absolute atomic E-state index is 13.1. The summed E-state index contributed by atoms with van der Waals surface area (Å²) in [5.74, 6) is 0.505. The number of carbonyl (C=O) groups excluding carboxylic acids is 1. The highest BCUT2D eigenvalue weighted by Crippen LogP contribution is 2.36. The molecule has 2 heterocycles. The van der Waals surface area contributed by atoms with Gasteiger partial charge in [0.25, 0.3) is 0 Å². The molecule has 2 fully saturated rings. The smallest absolute Gasteiger partial charge is 0.226 e. The molecular weight excluding hydrogens is 515 g/mol. The molecule has 1 N–H and O–H groups in total. The van der Waals surface area contributed by atoms with E-state index in [1.54, 1.807) is 18.4 Å². The Morgan fingerprint density at radius 2 is 1.68 bits per heavy atom. The van der Waals surface area contributed by atoms with Crippen molar-refractivity contribution >= 4 is 17.3 Å². The van der Waals surface area contributed by atoms with Crippen LogP contribution in [-0.4, -0.2) is 23.0 Å². The molecule has 3 aromatic carbocycles. The largest absolute Gasteiger partial charge is 0.444 e. The van der Waals surface area contributed by atoms with Crippen LogP contribution in [-0.2, 0) is 11.2 Å². The van der Waals surface area contributed by atoms with E-state index in [-0.39, 0.29) is 17.6 Å². The van der Waals surface area contributed by atoms with Crippen LogP contribution < -0.4 is 10.2 Å². The van der Waals surface area contributed by atoms with Crippen molar-refractivity contribution in [1.82, 2.24) is 10.3 Å². The van der Waals surface area contributed by atoms with Crippen molar-refractivity contribution in [2.24, 2.45) is 5.92 Å². The number of fused-ring (bicyclic) bond motifs is 1. The van der Waals surface area contributed by atoms with Crippen molar-refractivity contribution in [3.63, 3.8) is 0 Å². The average molecular weight is 549 g/mol. The van der Waals surface area contributed by atoms with Crippen molar-refractivity contribution in [3.05, 3.63) is 90.4 Å². The molecular formula is C34H33FN4O2. The topological polar surface area (TPSA) is 82.2 Å². The Hall–Kier alpha value is -4.44. The number of oxazole rings is 1. The minimum absolute atomic E-state index is 0.115. The first-order valence-corrected chi connectivity index (χ1v) is 14.4. The van der Waals surface area contributed by atoms with Crippen molar-refractivity contribution in [1.29, 1.82) is 5.26 Å². The Bertz CT molecular complexity index is 1540. The molecule has 0 spiro atoms. The standard InChI is InChI=1S/C23H17FN2O.C11H16N2O/c24-19-9-5-18(6-10-19)23-25-21(15-27-23)16-7-11-20(12-8-16)26-14-13-17-3-1-2-4-22(17)26;12-8-11(6-7-11)13-10(14)9-4-2-1-3-5-9/h1-12,15H,13-14H2;9H,1-7H2,(H,13,14). The Labute approximate surface area is 239 Å². The molecule has 0 radical (unpaired) electrons. The number of halogens is 1. The number of nitrogens with zero attached hydrogens (tertiary/aromatic N) is 3. The van der Waals surface area contributed by atoms with E-state index in [1.165, 1.54) is 35.5 Å². The summed E-state index contributed by atoms with van der Waals surface area (Å²) < 4.78 is 18.7. The molecule has 3 aliphatic rings. The van der Waals surface area contributed by atoms with Crippen molar-refractivity contribution in [2.75, 3.05) is 11.4 Å². The molecule has 0 atom stereocenters. The van der Waals surface area contributed by atoms with E-state index in [4.69, 9.17) is 9.68 Å². The van der Waals surface area contributed by atoms with E-state index >= 15 is 0 Å². The Balaban J connectivity index is 0.000000182. The lowest BCUT2D eigenvalue weighted by Gasteiger charge is -2.22. The van der Waals surface area contributed by atoms with E-state index in [0.717, 1.165) is 68.3 Å². The number of carbonyl (C=O) groups is 1. The molecule has 4 aromatic rings. The molecule has 1 aromatic heterocycles. The van der Waals surface area contributed by atoms with Crippen LogP contribution >= 0.6 is 0 Å². The number of rotatable bonds is 5. The van der Waals surface area contributed by atoms with Crippen LogP contribution in [0.3, 0.4) is 0 Å². The molecule has 0 unspecified atom stereocenters. The number of nitrogens with one attached hydrogen (secondary N) is 1. The lowest BCUT2D eigenvalue weighted by atomic mass is 9.88. The minimum Gasteiger partial charge on any atom is -0.444 e. The quantitative estimate of drug-likeness (QED) is 0.278. The maximum atomic E-state index is 13.1. The van der Waals surface area contributed by atoms with E-state index in [0.29, 0.717) is 5.89 Å². The summed E-state index contributed by atoms with van der Waals surface area (Å²) >= 11 is 0. The number of amides is 1. The highest BCUT2D eigenvalue weighted by Gasteiger charge is 2.45. The Kier molecular flexibility index (Phi) is 7.56.